The molecule has 0 radical (unpaired) electrons. The van der Waals surface area contributed by atoms with Crippen molar-refractivity contribution < 1.29 is 4.79 Å². The van der Waals surface area contributed by atoms with Gasteiger partial charge in [-0.1, -0.05) is 0 Å². The van der Waals surface area contributed by atoms with Gasteiger partial charge in [0, 0.05) is 33.6 Å². The molecule has 19 heavy (non-hydrogen) atoms. The smallest absolute Gasteiger partial charge is 0.330 e. The van der Waals surface area contributed by atoms with Gasteiger partial charge in [-0.15, -0.1) is 0 Å². The maximum Gasteiger partial charge on any atom is 0.330 e. The van der Waals surface area contributed by atoms with Gasteiger partial charge in [0.2, 0.25) is 5.91 Å². The summed E-state index contributed by atoms with van der Waals surface area (Å²) in [5.41, 5.74) is 4.75. The molecule has 0 saturated heterocycles. The molecule has 8 heteroatoms. The fourth-order valence-corrected chi connectivity index (χ4v) is 1.59. The van der Waals surface area contributed by atoms with Crippen molar-refractivity contribution in [2.45, 2.75) is 19.9 Å². The minimum atomic E-state index is -0.579. The second-order valence-electron chi connectivity index (χ2n) is 4.23. The molecule has 0 saturated carbocycles. The normalized spacial score (nSPS) is 10.3. The monoisotopic (exact) mass is 269 g/mol. The first-order valence-corrected chi connectivity index (χ1v) is 5.95. The van der Waals surface area contributed by atoms with E-state index >= 15 is 0 Å². The average molecular weight is 269 g/mol. The van der Waals surface area contributed by atoms with Gasteiger partial charge in [0.1, 0.15) is 11.5 Å². The van der Waals surface area contributed by atoms with Crippen molar-refractivity contribution in [2.24, 2.45) is 0 Å². The Balaban J connectivity index is 2.88. The molecule has 0 spiro atoms. The summed E-state index contributed by atoms with van der Waals surface area (Å²) in [5, 5.41) is 2.79. The Hall–Kier alpha value is -2.25. The van der Waals surface area contributed by atoms with E-state index in [9.17, 15) is 14.4 Å². The number of hydrogen-bond donors (Lipinski definition) is 3. The lowest BCUT2D eigenvalue weighted by Crippen LogP contribution is -2.34. The lowest BCUT2D eigenvalue weighted by atomic mass is 10.3. The zero-order valence-corrected chi connectivity index (χ0v) is 11.3. The Morgan fingerprint density at radius 2 is 2.05 bits per heavy atom. The van der Waals surface area contributed by atoms with Gasteiger partial charge in [-0.05, 0) is 6.92 Å². The van der Waals surface area contributed by atoms with E-state index in [4.69, 9.17) is 5.73 Å². The summed E-state index contributed by atoms with van der Waals surface area (Å²) in [4.78, 5) is 38.1. The summed E-state index contributed by atoms with van der Waals surface area (Å²) in [6.45, 7) is 2.37. The van der Waals surface area contributed by atoms with Gasteiger partial charge in [0.05, 0.1) is 0 Å². The fourth-order valence-electron chi connectivity index (χ4n) is 1.59. The predicted molar refractivity (Wildman–Crippen MR) is 73.2 cm³/mol. The predicted octanol–water partition coefficient (Wildman–Crippen LogP) is -0.971. The molecule has 106 valence electrons. The summed E-state index contributed by atoms with van der Waals surface area (Å²) < 4.78 is 1.25. The second-order valence-corrected chi connectivity index (χ2v) is 4.23. The maximum absolute atomic E-state index is 11.6. The van der Waals surface area contributed by atoms with Crippen molar-refractivity contribution in [2.75, 3.05) is 31.7 Å². The van der Waals surface area contributed by atoms with Gasteiger partial charge in [-0.2, -0.15) is 0 Å². The van der Waals surface area contributed by atoms with E-state index in [1.807, 2.05) is 0 Å². The highest BCUT2D eigenvalue weighted by atomic mass is 16.2. The van der Waals surface area contributed by atoms with E-state index < -0.39 is 11.2 Å². The highest BCUT2D eigenvalue weighted by Crippen LogP contribution is 2.09. The molecule has 0 aromatic carbocycles. The largest absolute Gasteiger partial charge is 0.383 e. The molecular weight excluding hydrogens is 250 g/mol. The van der Waals surface area contributed by atoms with Gasteiger partial charge in [0.15, 0.2) is 0 Å². The number of aromatic nitrogens is 2. The van der Waals surface area contributed by atoms with Crippen LogP contribution in [0.1, 0.15) is 13.3 Å². The SMILES string of the molecule is CCn1c(N)c(NCCC(=O)N(C)C)c(=O)[nH]c1=O. The van der Waals surface area contributed by atoms with Crippen molar-refractivity contribution in [3.05, 3.63) is 20.8 Å². The van der Waals surface area contributed by atoms with Crippen LogP contribution < -0.4 is 22.3 Å². The molecular formula is C11H19N5O3. The van der Waals surface area contributed by atoms with Crippen LogP contribution in [-0.2, 0) is 11.3 Å². The number of hydrogen-bond acceptors (Lipinski definition) is 5. The summed E-state index contributed by atoms with van der Waals surface area (Å²) in [5.74, 6) is 0.0138. The van der Waals surface area contributed by atoms with Crippen molar-refractivity contribution in [3.8, 4) is 0 Å². The summed E-state index contributed by atoms with van der Waals surface area (Å²) in [6.07, 6.45) is 0.233. The Kier molecular flexibility index (Phi) is 4.74. The topological polar surface area (TPSA) is 113 Å². The molecule has 0 aliphatic carbocycles. The number of nitrogen functional groups attached to an aromatic ring is 1. The minimum Gasteiger partial charge on any atom is -0.383 e. The standard InChI is InChI=1S/C11H19N5O3/c1-4-16-9(12)8(10(18)14-11(16)19)13-6-5-7(17)15(2)3/h13H,4-6,12H2,1-3H3,(H,14,18,19). The van der Waals surface area contributed by atoms with Crippen LogP contribution in [0.25, 0.3) is 0 Å². The van der Waals surface area contributed by atoms with Gasteiger partial charge in [-0.25, -0.2) is 4.79 Å². The maximum atomic E-state index is 11.6. The number of aromatic amines is 1. The number of nitrogens with one attached hydrogen (secondary N) is 2. The van der Waals surface area contributed by atoms with Gasteiger partial charge >= 0.3 is 5.69 Å². The molecule has 1 aromatic rings. The molecule has 1 amide bonds. The lowest BCUT2D eigenvalue weighted by Gasteiger charge is -2.13. The van der Waals surface area contributed by atoms with Crippen LogP contribution in [-0.4, -0.2) is 41.0 Å². The molecule has 0 bridgehead atoms. The van der Waals surface area contributed by atoms with Crippen molar-refractivity contribution in [1.29, 1.82) is 0 Å². The Labute approximate surface area is 110 Å². The molecule has 0 aliphatic rings. The Bertz CT molecular complexity index is 573. The molecule has 0 aliphatic heterocycles. The Morgan fingerprint density at radius 1 is 1.42 bits per heavy atom. The van der Waals surface area contributed by atoms with E-state index in [-0.39, 0.29) is 30.4 Å². The number of anilines is 2. The summed E-state index contributed by atoms with van der Waals surface area (Å²) >= 11 is 0. The van der Waals surface area contributed by atoms with E-state index in [0.717, 1.165) is 0 Å². The number of carbonyl (C=O) groups is 1. The van der Waals surface area contributed by atoms with Crippen LogP contribution in [0.5, 0.6) is 0 Å². The highest BCUT2D eigenvalue weighted by Gasteiger charge is 2.11. The molecule has 0 atom stereocenters. The molecule has 1 rings (SSSR count). The zero-order chi connectivity index (χ0) is 14.6. The minimum absolute atomic E-state index is 0.0636. The van der Waals surface area contributed by atoms with Crippen LogP contribution in [0, 0.1) is 0 Å². The van der Waals surface area contributed by atoms with Crippen molar-refractivity contribution >= 4 is 17.4 Å². The molecule has 1 heterocycles. The molecule has 4 N–H and O–H groups in total. The van der Waals surface area contributed by atoms with E-state index in [1.165, 1.54) is 9.47 Å². The van der Waals surface area contributed by atoms with Crippen LogP contribution in [0.2, 0.25) is 0 Å². The summed E-state index contributed by atoms with van der Waals surface area (Å²) in [7, 11) is 3.31. The third-order valence-electron chi connectivity index (χ3n) is 2.70. The van der Waals surface area contributed by atoms with Gasteiger partial charge < -0.3 is 16.0 Å². The quantitative estimate of drug-likeness (QED) is 0.636. The summed E-state index contributed by atoms with van der Waals surface area (Å²) in [6, 6.07) is 0. The van der Waals surface area contributed by atoms with Gasteiger partial charge in [-0.3, -0.25) is 19.1 Å². The third-order valence-corrected chi connectivity index (χ3v) is 2.70. The lowest BCUT2D eigenvalue weighted by molar-refractivity contribution is -0.128. The van der Waals surface area contributed by atoms with Crippen LogP contribution in [0.4, 0.5) is 11.5 Å². The average Bonchev–Trinajstić information content (AvgIpc) is 2.33. The van der Waals surface area contributed by atoms with Gasteiger partial charge in [0.25, 0.3) is 5.56 Å². The first-order chi connectivity index (χ1) is 8.88. The number of H-pyrrole nitrogens is 1. The van der Waals surface area contributed by atoms with Crippen molar-refractivity contribution in [3.63, 3.8) is 0 Å². The number of amides is 1. The third kappa shape index (κ3) is 3.36. The first-order valence-electron chi connectivity index (χ1n) is 5.95. The zero-order valence-electron chi connectivity index (χ0n) is 11.3. The molecule has 0 unspecified atom stereocenters. The second kappa shape index (κ2) is 6.07. The first kappa shape index (κ1) is 14.8. The fraction of sp³-hybridized carbons (Fsp3) is 0.545. The molecule has 8 nitrogen and oxygen atoms in total. The van der Waals surface area contributed by atoms with Crippen LogP contribution >= 0.6 is 0 Å². The van der Waals surface area contributed by atoms with E-state index in [2.05, 4.69) is 10.3 Å². The van der Waals surface area contributed by atoms with Crippen molar-refractivity contribution in [1.82, 2.24) is 14.5 Å². The van der Waals surface area contributed by atoms with E-state index in [1.54, 1.807) is 21.0 Å². The molecule has 1 aromatic heterocycles. The molecule has 0 fully saturated rings. The Morgan fingerprint density at radius 3 is 2.58 bits per heavy atom. The van der Waals surface area contributed by atoms with E-state index in [0.29, 0.717) is 6.54 Å². The number of carbonyl (C=O) groups excluding carboxylic acids is 1. The number of nitrogens with two attached hydrogens (primary N) is 1. The number of rotatable bonds is 5. The highest BCUT2D eigenvalue weighted by molar-refractivity contribution is 5.76. The number of nitrogens with zero attached hydrogens (tertiary/aromatic N) is 2. The van der Waals surface area contributed by atoms with Crippen LogP contribution in [0.15, 0.2) is 9.59 Å². The van der Waals surface area contributed by atoms with Crippen LogP contribution in [0.3, 0.4) is 0 Å².